The fraction of sp³-hybridized carbons (Fsp3) is 0.0556. The third-order valence-electron chi connectivity index (χ3n) is 4.03. The van der Waals surface area contributed by atoms with E-state index in [-0.39, 0.29) is 0 Å². The van der Waals surface area contributed by atoms with Crippen LogP contribution < -0.4 is 4.74 Å². The first kappa shape index (κ1) is 15.6. The van der Waals surface area contributed by atoms with Gasteiger partial charge in [-0.25, -0.2) is 0 Å². The second-order valence-electron chi connectivity index (χ2n) is 5.67. The maximum absolute atomic E-state index is 5.49. The van der Waals surface area contributed by atoms with Crippen LogP contribution >= 0.6 is 11.3 Å². The van der Waals surface area contributed by atoms with Crippen LogP contribution in [0.25, 0.3) is 38.4 Å². The lowest BCUT2D eigenvalue weighted by Gasteiger charge is -1.99. The molecule has 4 heterocycles. The molecule has 0 radical (unpaired) electrons. The zero-order valence-corrected chi connectivity index (χ0v) is 14.9. The average molecular weight is 376 g/mol. The van der Waals surface area contributed by atoms with Crippen molar-refractivity contribution in [3.05, 3.63) is 54.9 Å². The van der Waals surface area contributed by atoms with Crippen LogP contribution in [0.3, 0.4) is 0 Å². The molecule has 0 aliphatic rings. The van der Waals surface area contributed by atoms with Gasteiger partial charge >= 0.3 is 0 Å². The normalized spacial score (nSPS) is 11.1. The smallest absolute Gasteiger partial charge is 0.235 e. The van der Waals surface area contributed by atoms with Crippen LogP contribution in [0.2, 0.25) is 0 Å². The molecule has 0 aliphatic heterocycles. The van der Waals surface area contributed by atoms with Crippen molar-refractivity contribution in [3.63, 3.8) is 0 Å². The Morgan fingerprint density at radius 2 is 1.81 bits per heavy atom. The number of methoxy groups -OCH3 is 1. The monoisotopic (exact) mass is 376 g/mol. The predicted octanol–water partition coefficient (Wildman–Crippen LogP) is 3.58. The van der Waals surface area contributed by atoms with Gasteiger partial charge in [0.15, 0.2) is 16.6 Å². The van der Waals surface area contributed by atoms with E-state index < -0.39 is 0 Å². The van der Waals surface area contributed by atoms with E-state index in [1.54, 1.807) is 24.0 Å². The Hall–Kier alpha value is -3.59. The first-order valence-electron chi connectivity index (χ1n) is 8.06. The van der Waals surface area contributed by atoms with Crippen LogP contribution in [0.5, 0.6) is 5.75 Å². The Morgan fingerprint density at radius 3 is 2.59 bits per heavy atom. The Bertz CT molecular complexity index is 1210. The molecule has 0 aliphatic carbocycles. The topological polar surface area (TPSA) is 91.2 Å². The third kappa shape index (κ3) is 2.74. The molecule has 0 bridgehead atoms. The lowest BCUT2D eigenvalue weighted by atomic mass is 10.1. The van der Waals surface area contributed by atoms with Crippen LogP contribution in [0.1, 0.15) is 0 Å². The highest BCUT2D eigenvalue weighted by atomic mass is 32.1. The molecule has 9 heteroatoms. The van der Waals surface area contributed by atoms with Crippen LogP contribution in [-0.4, -0.2) is 37.1 Å². The SMILES string of the molecule is COc1ccc(-c2cc(-c3nn4c(-c5ccncc5)nnc4s3)no2)cc1. The highest BCUT2D eigenvalue weighted by molar-refractivity contribution is 7.19. The minimum Gasteiger partial charge on any atom is -0.497 e. The van der Waals surface area contributed by atoms with E-state index in [0.717, 1.165) is 16.9 Å². The van der Waals surface area contributed by atoms with E-state index in [4.69, 9.17) is 9.26 Å². The number of nitrogens with zero attached hydrogens (tertiary/aromatic N) is 6. The maximum atomic E-state index is 5.49. The highest BCUT2D eigenvalue weighted by Gasteiger charge is 2.17. The van der Waals surface area contributed by atoms with Gasteiger partial charge in [0.05, 0.1) is 7.11 Å². The molecule has 0 saturated heterocycles. The molecule has 0 atom stereocenters. The molecule has 0 amide bonds. The largest absolute Gasteiger partial charge is 0.497 e. The first-order valence-corrected chi connectivity index (χ1v) is 8.87. The summed E-state index contributed by atoms with van der Waals surface area (Å²) < 4.78 is 12.4. The molecule has 8 nitrogen and oxygen atoms in total. The molecule has 132 valence electrons. The van der Waals surface area contributed by atoms with Gasteiger partial charge in [-0.2, -0.15) is 9.61 Å². The van der Waals surface area contributed by atoms with Gasteiger partial charge in [-0.15, -0.1) is 10.2 Å². The minimum absolute atomic E-state index is 0.650. The molecule has 5 aromatic rings. The molecule has 27 heavy (non-hydrogen) atoms. The summed E-state index contributed by atoms with van der Waals surface area (Å²) in [6.45, 7) is 0. The van der Waals surface area contributed by atoms with Crippen LogP contribution in [0, 0.1) is 0 Å². The van der Waals surface area contributed by atoms with Crippen molar-refractivity contribution in [2.24, 2.45) is 0 Å². The minimum atomic E-state index is 0.650. The number of hydrogen-bond acceptors (Lipinski definition) is 8. The zero-order valence-electron chi connectivity index (χ0n) is 14.1. The maximum Gasteiger partial charge on any atom is 0.235 e. The fourth-order valence-corrected chi connectivity index (χ4v) is 3.46. The summed E-state index contributed by atoms with van der Waals surface area (Å²) in [7, 11) is 1.63. The van der Waals surface area contributed by atoms with E-state index >= 15 is 0 Å². The predicted molar refractivity (Wildman–Crippen MR) is 99.4 cm³/mol. The lowest BCUT2D eigenvalue weighted by molar-refractivity contribution is 0.414. The van der Waals surface area contributed by atoms with Crippen molar-refractivity contribution >= 4 is 16.3 Å². The summed E-state index contributed by atoms with van der Waals surface area (Å²) in [4.78, 5) is 4.71. The molecule has 4 aromatic heterocycles. The van der Waals surface area contributed by atoms with Crippen molar-refractivity contribution in [3.8, 4) is 39.2 Å². The number of hydrogen-bond donors (Lipinski definition) is 0. The lowest BCUT2D eigenvalue weighted by Crippen LogP contribution is -1.91. The van der Waals surface area contributed by atoms with Crippen molar-refractivity contribution < 1.29 is 9.26 Å². The number of benzene rings is 1. The second kappa shape index (κ2) is 6.29. The van der Waals surface area contributed by atoms with Gasteiger partial charge in [0, 0.05) is 29.6 Å². The molecule has 0 saturated carbocycles. The van der Waals surface area contributed by atoms with E-state index in [2.05, 4.69) is 25.4 Å². The van der Waals surface area contributed by atoms with Gasteiger partial charge in [0.2, 0.25) is 4.96 Å². The third-order valence-corrected chi connectivity index (χ3v) is 4.95. The van der Waals surface area contributed by atoms with Gasteiger partial charge < -0.3 is 9.26 Å². The zero-order chi connectivity index (χ0) is 18.2. The first-order chi connectivity index (χ1) is 13.3. The van der Waals surface area contributed by atoms with Gasteiger partial charge in [-0.3, -0.25) is 4.98 Å². The molecule has 0 N–H and O–H groups in total. The quantitative estimate of drug-likeness (QED) is 0.473. The van der Waals surface area contributed by atoms with Gasteiger partial charge in [0.25, 0.3) is 0 Å². The Kier molecular flexibility index (Phi) is 3.65. The van der Waals surface area contributed by atoms with E-state index in [0.29, 0.717) is 27.2 Å². The summed E-state index contributed by atoms with van der Waals surface area (Å²) >= 11 is 1.40. The molecular formula is C18H12N6O2S. The standard InChI is InChI=1S/C18H12N6O2S/c1-25-13-4-2-11(3-5-13)15-10-14(23-26-15)17-22-24-16(20-21-18(24)27-17)12-6-8-19-9-7-12/h2-10H,1H3. The Morgan fingerprint density at radius 1 is 1.00 bits per heavy atom. The average Bonchev–Trinajstić information content (AvgIpc) is 3.44. The van der Waals surface area contributed by atoms with Gasteiger partial charge in [-0.05, 0) is 36.4 Å². The number of pyridine rings is 1. The Labute approximate surface area is 157 Å². The van der Waals surface area contributed by atoms with E-state index in [1.165, 1.54) is 11.3 Å². The molecule has 0 fully saturated rings. The number of rotatable bonds is 4. The molecule has 0 spiro atoms. The summed E-state index contributed by atoms with van der Waals surface area (Å²) in [5.74, 6) is 2.11. The summed E-state index contributed by atoms with van der Waals surface area (Å²) in [5, 5.41) is 17.9. The van der Waals surface area contributed by atoms with Crippen molar-refractivity contribution in [1.29, 1.82) is 0 Å². The van der Waals surface area contributed by atoms with Crippen LogP contribution in [0.4, 0.5) is 0 Å². The van der Waals surface area contributed by atoms with Crippen molar-refractivity contribution in [2.45, 2.75) is 0 Å². The number of aromatic nitrogens is 6. The van der Waals surface area contributed by atoms with E-state index in [1.807, 2.05) is 42.5 Å². The second-order valence-corrected chi connectivity index (χ2v) is 6.62. The molecule has 5 rings (SSSR count). The van der Waals surface area contributed by atoms with Crippen molar-refractivity contribution in [2.75, 3.05) is 7.11 Å². The summed E-state index contributed by atoms with van der Waals surface area (Å²) in [6.07, 6.45) is 3.42. The summed E-state index contributed by atoms with van der Waals surface area (Å²) in [5.41, 5.74) is 2.46. The fourth-order valence-electron chi connectivity index (χ4n) is 2.67. The van der Waals surface area contributed by atoms with Gasteiger partial charge in [0.1, 0.15) is 11.4 Å². The van der Waals surface area contributed by atoms with E-state index in [9.17, 15) is 0 Å². The van der Waals surface area contributed by atoms with Gasteiger partial charge in [-0.1, -0.05) is 16.5 Å². The van der Waals surface area contributed by atoms with Crippen LogP contribution in [-0.2, 0) is 0 Å². The molecule has 1 aromatic carbocycles. The summed E-state index contributed by atoms with van der Waals surface area (Å²) in [6, 6.07) is 13.2. The van der Waals surface area contributed by atoms with Crippen molar-refractivity contribution in [1.82, 2.24) is 30.0 Å². The number of ether oxygens (including phenoxy) is 1. The number of fused-ring (bicyclic) bond motifs is 1. The molecule has 0 unspecified atom stereocenters. The van der Waals surface area contributed by atoms with Crippen LogP contribution in [0.15, 0.2) is 59.4 Å². The molecular weight excluding hydrogens is 364 g/mol. The highest BCUT2D eigenvalue weighted by Crippen LogP contribution is 2.30. The Balaban J connectivity index is 1.51.